The van der Waals surface area contributed by atoms with Crippen molar-refractivity contribution in [2.45, 2.75) is 59.2 Å². The van der Waals surface area contributed by atoms with Crippen molar-refractivity contribution in [3.05, 3.63) is 0 Å². The Bertz CT molecular complexity index is 216. The molecule has 0 bridgehead atoms. The lowest BCUT2D eigenvalue weighted by molar-refractivity contribution is -0.130. The van der Waals surface area contributed by atoms with Crippen LogP contribution in [-0.4, -0.2) is 29.6 Å². The lowest BCUT2D eigenvalue weighted by Crippen LogP contribution is -2.37. The van der Waals surface area contributed by atoms with Gasteiger partial charge in [0.25, 0.3) is 0 Å². The van der Waals surface area contributed by atoms with E-state index < -0.39 is 0 Å². The molecule has 1 heterocycles. The molecule has 3 nitrogen and oxygen atoms in total. The fourth-order valence-electron chi connectivity index (χ4n) is 2.20. The van der Waals surface area contributed by atoms with E-state index in [4.69, 9.17) is 0 Å². The van der Waals surface area contributed by atoms with Crippen LogP contribution >= 0.6 is 0 Å². The highest BCUT2D eigenvalue weighted by Crippen LogP contribution is 2.19. The maximum absolute atomic E-state index is 12.1. The quantitative estimate of drug-likeness (QED) is 0.755. The van der Waals surface area contributed by atoms with Gasteiger partial charge in [-0.05, 0) is 18.8 Å². The van der Waals surface area contributed by atoms with Crippen LogP contribution in [0.2, 0.25) is 0 Å². The van der Waals surface area contributed by atoms with Gasteiger partial charge in [0.05, 0.1) is 12.2 Å². The molecule has 88 valence electrons. The molecule has 0 spiro atoms. The van der Waals surface area contributed by atoms with Gasteiger partial charge < -0.3 is 4.90 Å². The summed E-state index contributed by atoms with van der Waals surface area (Å²) < 4.78 is 0. The standard InChI is InChI=1S/C12H24N2O/c1-5-7-10-13-11(9(3)4)12(15)14(10)8-6-2/h9-11,13H,5-8H2,1-4H3. The first-order valence-electron chi connectivity index (χ1n) is 6.18. The monoisotopic (exact) mass is 212 g/mol. The van der Waals surface area contributed by atoms with Crippen molar-refractivity contribution >= 4 is 5.91 Å². The van der Waals surface area contributed by atoms with E-state index in [1.54, 1.807) is 0 Å². The summed E-state index contributed by atoms with van der Waals surface area (Å²) in [5.41, 5.74) is 0. The van der Waals surface area contributed by atoms with Gasteiger partial charge in [-0.3, -0.25) is 10.1 Å². The van der Waals surface area contributed by atoms with E-state index in [-0.39, 0.29) is 12.2 Å². The van der Waals surface area contributed by atoms with Gasteiger partial charge in [0, 0.05) is 6.54 Å². The van der Waals surface area contributed by atoms with Crippen molar-refractivity contribution in [3.63, 3.8) is 0 Å². The van der Waals surface area contributed by atoms with Crippen molar-refractivity contribution in [2.75, 3.05) is 6.54 Å². The molecule has 0 aliphatic carbocycles. The summed E-state index contributed by atoms with van der Waals surface area (Å²) in [5.74, 6) is 0.684. The number of rotatable bonds is 5. The topological polar surface area (TPSA) is 32.3 Å². The molecule has 1 saturated heterocycles. The van der Waals surface area contributed by atoms with Crippen LogP contribution in [0.15, 0.2) is 0 Å². The zero-order chi connectivity index (χ0) is 11.4. The maximum Gasteiger partial charge on any atom is 0.241 e. The average molecular weight is 212 g/mol. The number of hydrogen-bond donors (Lipinski definition) is 1. The maximum atomic E-state index is 12.1. The Morgan fingerprint density at radius 3 is 2.47 bits per heavy atom. The number of amides is 1. The smallest absolute Gasteiger partial charge is 0.241 e. The van der Waals surface area contributed by atoms with Gasteiger partial charge >= 0.3 is 0 Å². The zero-order valence-corrected chi connectivity index (χ0v) is 10.4. The van der Waals surface area contributed by atoms with E-state index >= 15 is 0 Å². The minimum absolute atomic E-state index is 0.0353. The summed E-state index contributed by atoms with van der Waals surface area (Å²) in [7, 11) is 0. The fourth-order valence-corrected chi connectivity index (χ4v) is 2.20. The van der Waals surface area contributed by atoms with E-state index in [0.717, 1.165) is 25.8 Å². The molecule has 1 fully saturated rings. The molecule has 0 radical (unpaired) electrons. The Morgan fingerprint density at radius 1 is 1.33 bits per heavy atom. The molecule has 0 saturated carbocycles. The Kier molecular flexibility index (Phi) is 4.58. The van der Waals surface area contributed by atoms with Gasteiger partial charge in [-0.25, -0.2) is 0 Å². The Morgan fingerprint density at radius 2 is 2.00 bits per heavy atom. The second kappa shape index (κ2) is 5.50. The molecule has 1 rings (SSSR count). The lowest BCUT2D eigenvalue weighted by atomic mass is 10.1. The Labute approximate surface area is 93.2 Å². The van der Waals surface area contributed by atoms with Gasteiger partial charge in [0.1, 0.15) is 0 Å². The van der Waals surface area contributed by atoms with Gasteiger partial charge in [-0.2, -0.15) is 0 Å². The molecule has 0 aromatic heterocycles. The third-order valence-corrected chi connectivity index (χ3v) is 2.99. The van der Waals surface area contributed by atoms with Crippen LogP contribution in [0.25, 0.3) is 0 Å². The molecular formula is C12H24N2O. The van der Waals surface area contributed by atoms with E-state index in [1.165, 1.54) is 0 Å². The molecule has 1 amide bonds. The first kappa shape index (κ1) is 12.5. The fraction of sp³-hybridized carbons (Fsp3) is 0.917. The third kappa shape index (κ3) is 2.71. The van der Waals surface area contributed by atoms with Crippen molar-refractivity contribution in [1.82, 2.24) is 10.2 Å². The van der Waals surface area contributed by atoms with E-state index in [0.29, 0.717) is 11.8 Å². The number of carbonyl (C=O) groups excluding carboxylic acids is 1. The normalized spacial score (nSPS) is 26.7. The van der Waals surface area contributed by atoms with Crippen LogP contribution in [0.3, 0.4) is 0 Å². The molecular weight excluding hydrogens is 188 g/mol. The Balaban J connectivity index is 2.68. The molecule has 1 N–H and O–H groups in total. The summed E-state index contributed by atoms with van der Waals surface area (Å²) in [6, 6.07) is 0.0353. The zero-order valence-electron chi connectivity index (χ0n) is 10.4. The van der Waals surface area contributed by atoms with E-state index in [2.05, 4.69) is 33.0 Å². The predicted molar refractivity (Wildman–Crippen MR) is 62.5 cm³/mol. The van der Waals surface area contributed by atoms with Crippen molar-refractivity contribution < 1.29 is 4.79 Å². The van der Waals surface area contributed by atoms with Gasteiger partial charge in [-0.1, -0.05) is 34.1 Å². The molecule has 2 atom stereocenters. The molecule has 0 aromatic rings. The van der Waals surface area contributed by atoms with Gasteiger partial charge in [0.2, 0.25) is 5.91 Å². The average Bonchev–Trinajstić information content (AvgIpc) is 2.47. The van der Waals surface area contributed by atoms with Gasteiger partial charge in [0.15, 0.2) is 0 Å². The molecule has 0 aromatic carbocycles. The molecule has 2 unspecified atom stereocenters. The Hall–Kier alpha value is -0.570. The van der Waals surface area contributed by atoms with Crippen molar-refractivity contribution in [1.29, 1.82) is 0 Å². The minimum Gasteiger partial charge on any atom is -0.326 e. The van der Waals surface area contributed by atoms with E-state index in [1.807, 2.05) is 4.90 Å². The summed E-state index contributed by atoms with van der Waals surface area (Å²) in [6.07, 6.45) is 3.50. The van der Waals surface area contributed by atoms with Crippen LogP contribution < -0.4 is 5.32 Å². The molecule has 1 aliphatic heterocycles. The summed E-state index contributed by atoms with van der Waals surface area (Å²) in [5, 5.41) is 3.45. The molecule has 3 heteroatoms. The first-order chi connectivity index (χ1) is 7.11. The molecule has 1 aliphatic rings. The predicted octanol–water partition coefficient (Wildman–Crippen LogP) is 1.98. The summed E-state index contributed by atoms with van der Waals surface area (Å²) in [6.45, 7) is 9.39. The highest BCUT2D eigenvalue weighted by atomic mass is 16.2. The number of nitrogens with one attached hydrogen (secondary N) is 1. The first-order valence-corrected chi connectivity index (χ1v) is 6.18. The van der Waals surface area contributed by atoms with Crippen LogP contribution in [0.1, 0.15) is 47.0 Å². The van der Waals surface area contributed by atoms with Crippen molar-refractivity contribution in [3.8, 4) is 0 Å². The second-order valence-corrected chi connectivity index (χ2v) is 4.72. The lowest BCUT2D eigenvalue weighted by Gasteiger charge is -2.23. The molecule has 15 heavy (non-hydrogen) atoms. The van der Waals surface area contributed by atoms with Crippen LogP contribution in [0.4, 0.5) is 0 Å². The third-order valence-electron chi connectivity index (χ3n) is 2.99. The number of hydrogen-bond acceptors (Lipinski definition) is 2. The summed E-state index contributed by atoms with van der Waals surface area (Å²) >= 11 is 0. The highest BCUT2D eigenvalue weighted by molar-refractivity contribution is 5.84. The largest absolute Gasteiger partial charge is 0.326 e. The van der Waals surface area contributed by atoms with Crippen LogP contribution in [-0.2, 0) is 4.79 Å². The second-order valence-electron chi connectivity index (χ2n) is 4.72. The van der Waals surface area contributed by atoms with Crippen molar-refractivity contribution in [2.24, 2.45) is 5.92 Å². The van der Waals surface area contributed by atoms with Crippen LogP contribution in [0.5, 0.6) is 0 Å². The highest BCUT2D eigenvalue weighted by Gasteiger charge is 2.38. The minimum atomic E-state index is 0.0353. The van der Waals surface area contributed by atoms with E-state index in [9.17, 15) is 4.79 Å². The number of carbonyl (C=O) groups is 1. The van der Waals surface area contributed by atoms with Crippen LogP contribution in [0, 0.1) is 5.92 Å². The number of nitrogens with zero attached hydrogens (tertiary/aromatic N) is 1. The van der Waals surface area contributed by atoms with Gasteiger partial charge in [-0.15, -0.1) is 0 Å². The summed E-state index contributed by atoms with van der Waals surface area (Å²) in [4.78, 5) is 14.1. The SMILES string of the molecule is CCCC1NC(C(C)C)C(=O)N1CCC.